The number of alkyl halides is 2. The fraction of sp³-hybridized carbons (Fsp3) is 0.263. The highest BCUT2D eigenvalue weighted by Crippen LogP contribution is 2.29. The van der Waals surface area contributed by atoms with Crippen molar-refractivity contribution in [2.75, 3.05) is 13.1 Å². The van der Waals surface area contributed by atoms with Crippen LogP contribution in [0.2, 0.25) is 0 Å². The molecule has 1 saturated heterocycles. The van der Waals surface area contributed by atoms with Crippen molar-refractivity contribution in [2.45, 2.75) is 18.8 Å². The number of halogens is 2. The van der Waals surface area contributed by atoms with Crippen LogP contribution in [0.15, 0.2) is 36.8 Å². The molecule has 4 rings (SSSR count). The maximum Gasteiger partial charge on any atom is 0.255 e. The first kappa shape index (κ1) is 17.9. The van der Waals surface area contributed by atoms with Crippen molar-refractivity contribution < 1.29 is 18.7 Å². The van der Waals surface area contributed by atoms with Crippen LogP contribution in [-0.2, 0) is 0 Å². The molecule has 0 radical (unpaired) electrons. The van der Waals surface area contributed by atoms with E-state index in [0.717, 1.165) is 0 Å². The number of imidazole rings is 1. The Hall–Kier alpha value is -3.54. The van der Waals surface area contributed by atoms with Gasteiger partial charge in [-0.15, -0.1) is 0 Å². The van der Waals surface area contributed by atoms with Gasteiger partial charge in [-0.2, -0.15) is 5.26 Å². The fourth-order valence-corrected chi connectivity index (χ4v) is 3.19. The first-order valence-electron chi connectivity index (χ1n) is 8.62. The summed E-state index contributed by atoms with van der Waals surface area (Å²) >= 11 is 0. The van der Waals surface area contributed by atoms with Crippen molar-refractivity contribution in [1.29, 1.82) is 5.26 Å². The number of aromatic hydroxyl groups is 1. The lowest BCUT2D eigenvalue weighted by molar-refractivity contribution is -0.0494. The van der Waals surface area contributed by atoms with Crippen molar-refractivity contribution in [3.8, 4) is 17.5 Å². The maximum absolute atomic E-state index is 13.3. The summed E-state index contributed by atoms with van der Waals surface area (Å²) < 4.78 is 28.2. The molecule has 0 atom stereocenters. The predicted octanol–water partition coefficient (Wildman–Crippen LogP) is 2.87. The summed E-state index contributed by atoms with van der Waals surface area (Å²) in [5, 5.41) is 18.8. The molecule has 1 aliphatic heterocycles. The van der Waals surface area contributed by atoms with Gasteiger partial charge >= 0.3 is 0 Å². The molecule has 1 fully saturated rings. The number of amides is 1. The van der Waals surface area contributed by atoms with E-state index in [1.165, 1.54) is 29.6 Å². The summed E-state index contributed by atoms with van der Waals surface area (Å²) in [6, 6.07) is 8.01. The highest BCUT2D eigenvalue weighted by Gasteiger charge is 2.35. The monoisotopic (exact) mass is 383 g/mol. The Bertz CT molecular complexity index is 1110. The van der Waals surface area contributed by atoms with Crippen molar-refractivity contribution in [1.82, 2.24) is 19.4 Å². The molecule has 0 saturated carbocycles. The van der Waals surface area contributed by atoms with Gasteiger partial charge in [-0.3, -0.25) is 9.36 Å². The Morgan fingerprint density at radius 1 is 1.21 bits per heavy atom. The number of nitrogens with zero attached hydrogens (tertiary/aromatic N) is 5. The molecule has 0 spiro atoms. The summed E-state index contributed by atoms with van der Waals surface area (Å²) in [5.41, 5.74) is 1.92. The van der Waals surface area contributed by atoms with Crippen LogP contribution < -0.4 is 0 Å². The number of phenolic OH excluding ortho intramolecular Hbond substituents is 1. The summed E-state index contributed by atoms with van der Waals surface area (Å²) in [6.07, 6.45) is 2.20. The van der Waals surface area contributed by atoms with Crippen molar-refractivity contribution >= 4 is 17.1 Å². The van der Waals surface area contributed by atoms with Crippen LogP contribution in [0.1, 0.15) is 28.8 Å². The highest BCUT2D eigenvalue weighted by atomic mass is 19.3. The minimum Gasteiger partial charge on any atom is -0.506 e. The van der Waals surface area contributed by atoms with Gasteiger partial charge in [-0.25, -0.2) is 18.7 Å². The second-order valence-electron chi connectivity index (χ2n) is 6.64. The van der Waals surface area contributed by atoms with Crippen LogP contribution in [0.5, 0.6) is 5.75 Å². The van der Waals surface area contributed by atoms with E-state index in [4.69, 9.17) is 5.26 Å². The minimum atomic E-state index is -2.72. The molecular weight excluding hydrogens is 368 g/mol. The number of benzene rings is 1. The number of pyridine rings is 1. The first-order valence-corrected chi connectivity index (χ1v) is 8.62. The average Bonchev–Trinajstić information content (AvgIpc) is 3.10. The quantitative estimate of drug-likeness (QED) is 0.734. The Balaban J connectivity index is 1.62. The largest absolute Gasteiger partial charge is 0.506 e. The molecular formula is C19H15F2N5O2. The molecule has 1 aliphatic rings. The predicted molar refractivity (Wildman–Crippen MR) is 95.3 cm³/mol. The summed E-state index contributed by atoms with van der Waals surface area (Å²) in [7, 11) is 0. The van der Waals surface area contributed by atoms with Gasteiger partial charge in [0.2, 0.25) is 0 Å². The molecule has 0 unspecified atom stereocenters. The number of rotatable bonds is 2. The number of piperidine rings is 1. The molecule has 0 bridgehead atoms. The van der Waals surface area contributed by atoms with E-state index in [1.807, 2.05) is 6.07 Å². The van der Waals surface area contributed by atoms with Gasteiger partial charge in [-0.1, -0.05) is 0 Å². The van der Waals surface area contributed by atoms with E-state index in [9.17, 15) is 18.7 Å². The number of phenols is 1. The Morgan fingerprint density at radius 2 is 1.96 bits per heavy atom. The number of carbonyl (C=O) groups excluding carboxylic acids is 1. The van der Waals surface area contributed by atoms with E-state index in [-0.39, 0.29) is 48.7 Å². The third-order valence-corrected chi connectivity index (χ3v) is 4.80. The second-order valence-corrected chi connectivity index (χ2v) is 6.64. The molecule has 1 aromatic carbocycles. The van der Waals surface area contributed by atoms with Crippen LogP contribution in [0.3, 0.4) is 0 Å². The van der Waals surface area contributed by atoms with Gasteiger partial charge in [0.25, 0.3) is 11.8 Å². The van der Waals surface area contributed by atoms with E-state index in [1.54, 1.807) is 16.7 Å². The van der Waals surface area contributed by atoms with Gasteiger partial charge in [0.05, 0.1) is 16.8 Å². The summed E-state index contributed by atoms with van der Waals surface area (Å²) in [6.45, 7) is 0.00561. The smallest absolute Gasteiger partial charge is 0.255 e. The van der Waals surface area contributed by atoms with Gasteiger partial charge in [0.1, 0.15) is 23.7 Å². The number of nitriles is 1. The Kier molecular flexibility index (Phi) is 4.19. The van der Waals surface area contributed by atoms with Crippen molar-refractivity contribution in [2.24, 2.45) is 0 Å². The number of fused-ring (bicyclic) bond motifs is 1. The number of carbonyl (C=O) groups is 1. The zero-order valence-electron chi connectivity index (χ0n) is 14.6. The third kappa shape index (κ3) is 3.13. The highest BCUT2D eigenvalue weighted by molar-refractivity contribution is 5.96. The standard InChI is InChI=1S/C19H15F2N5O2/c20-19(21)3-5-25(6-4-19)18(28)13-7-15-17(23-10-13)26(11-24-15)14-2-1-12(9-22)16(27)8-14/h1-2,7-8,10-11,27H,3-6H2. The van der Waals surface area contributed by atoms with Gasteiger partial charge in [0, 0.05) is 38.2 Å². The molecule has 142 valence electrons. The molecule has 9 heteroatoms. The minimum absolute atomic E-state index is 0.00281. The lowest BCUT2D eigenvalue weighted by Crippen LogP contribution is -2.42. The first-order chi connectivity index (χ1) is 13.4. The van der Waals surface area contributed by atoms with Crippen LogP contribution >= 0.6 is 0 Å². The fourth-order valence-electron chi connectivity index (χ4n) is 3.19. The van der Waals surface area contributed by atoms with E-state index in [2.05, 4.69) is 9.97 Å². The van der Waals surface area contributed by atoms with Gasteiger partial charge in [-0.05, 0) is 18.2 Å². The molecule has 3 heterocycles. The Labute approximate surface area is 158 Å². The average molecular weight is 383 g/mol. The molecule has 3 aromatic rings. The number of hydrogen-bond acceptors (Lipinski definition) is 5. The number of aromatic nitrogens is 3. The van der Waals surface area contributed by atoms with Crippen LogP contribution in [0.4, 0.5) is 8.78 Å². The topological polar surface area (TPSA) is 95.0 Å². The Morgan fingerprint density at radius 3 is 2.64 bits per heavy atom. The number of hydrogen-bond donors (Lipinski definition) is 1. The molecule has 7 nitrogen and oxygen atoms in total. The molecule has 1 amide bonds. The molecule has 2 aromatic heterocycles. The van der Waals surface area contributed by atoms with Gasteiger partial charge < -0.3 is 10.0 Å². The molecule has 28 heavy (non-hydrogen) atoms. The van der Waals surface area contributed by atoms with Crippen LogP contribution in [0, 0.1) is 11.3 Å². The van der Waals surface area contributed by atoms with E-state index < -0.39 is 5.92 Å². The third-order valence-electron chi connectivity index (χ3n) is 4.80. The summed E-state index contributed by atoms with van der Waals surface area (Å²) in [4.78, 5) is 22.5. The summed E-state index contributed by atoms with van der Waals surface area (Å²) in [5.74, 6) is -3.23. The van der Waals surface area contributed by atoms with Crippen LogP contribution in [0.25, 0.3) is 16.9 Å². The van der Waals surface area contributed by atoms with Crippen LogP contribution in [-0.4, -0.2) is 49.5 Å². The van der Waals surface area contributed by atoms with E-state index in [0.29, 0.717) is 16.9 Å². The molecule has 1 N–H and O–H groups in total. The second kappa shape index (κ2) is 6.56. The zero-order valence-corrected chi connectivity index (χ0v) is 14.6. The van der Waals surface area contributed by atoms with E-state index >= 15 is 0 Å². The normalized spacial score (nSPS) is 16.1. The number of likely N-dealkylation sites (tertiary alicyclic amines) is 1. The van der Waals surface area contributed by atoms with Crippen molar-refractivity contribution in [3.63, 3.8) is 0 Å². The SMILES string of the molecule is N#Cc1ccc(-n2cnc3cc(C(=O)N4CCC(F)(F)CC4)cnc32)cc1O. The molecule has 0 aliphatic carbocycles. The lowest BCUT2D eigenvalue weighted by atomic mass is 10.1. The zero-order chi connectivity index (χ0) is 19.9. The maximum atomic E-state index is 13.3. The van der Waals surface area contributed by atoms with Crippen molar-refractivity contribution in [3.05, 3.63) is 47.9 Å². The lowest BCUT2D eigenvalue weighted by Gasteiger charge is -2.31. The van der Waals surface area contributed by atoms with Gasteiger partial charge in [0.15, 0.2) is 5.65 Å².